The van der Waals surface area contributed by atoms with Gasteiger partial charge in [-0.2, -0.15) is 0 Å². The van der Waals surface area contributed by atoms with Crippen LogP contribution in [0.1, 0.15) is 30.9 Å². The second-order valence-corrected chi connectivity index (χ2v) is 4.65. The average molecular weight is 242 g/mol. The Labute approximate surface area is 107 Å². The first kappa shape index (κ1) is 12.4. The van der Waals surface area contributed by atoms with Crippen molar-refractivity contribution in [2.75, 3.05) is 11.1 Å². The molecule has 2 aromatic rings. The van der Waals surface area contributed by atoms with Crippen molar-refractivity contribution in [1.82, 2.24) is 9.97 Å². The lowest BCUT2D eigenvalue weighted by Crippen LogP contribution is -2.02. The molecule has 0 saturated carbocycles. The number of hydrogen-bond acceptors (Lipinski definition) is 4. The van der Waals surface area contributed by atoms with Crippen LogP contribution in [0.2, 0.25) is 0 Å². The standard InChI is InChI=1S/C14H18N4/c1-9(2)11-6-4-5-10(3)14(11)18-13-8-16-12(15)7-17-13/h4-9H,1-3H3,(H2,15,16)(H,17,18). The van der Waals surface area contributed by atoms with Gasteiger partial charge >= 0.3 is 0 Å². The smallest absolute Gasteiger partial charge is 0.149 e. The molecule has 1 aromatic heterocycles. The quantitative estimate of drug-likeness (QED) is 0.867. The summed E-state index contributed by atoms with van der Waals surface area (Å²) in [5.74, 6) is 1.59. The van der Waals surface area contributed by atoms with Gasteiger partial charge in [0.25, 0.3) is 0 Å². The normalized spacial score (nSPS) is 10.7. The number of nitrogen functional groups attached to an aromatic ring is 1. The van der Waals surface area contributed by atoms with E-state index in [2.05, 4.69) is 54.3 Å². The topological polar surface area (TPSA) is 63.8 Å². The van der Waals surface area contributed by atoms with Crippen molar-refractivity contribution in [1.29, 1.82) is 0 Å². The summed E-state index contributed by atoms with van der Waals surface area (Å²) in [6.07, 6.45) is 3.20. The van der Waals surface area contributed by atoms with Crippen molar-refractivity contribution in [3.63, 3.8) is 0 Å². The molecule has 4 nitrogen and oxygen atoms in total. The first-order valence-electron chi connectivity index (χ1n) is 6.02. The summed E-state index contributed by atoms with van der Waals surface area (Å²) < 4.78 is 0. The monoisotopic (exact) mass is 242 g/mol. The number of nitrogens with one attached hydrogen (secondary N) is 1. The van der Waals surface area contributed by atoms with Crippen LogP contribution in [0.3, 0.4) is 0 Å². The van der Waals surface area contributed by atoms with Crippen molar-refractivity contribution in [2.24, 2.45) is 0 Å². The van der Waals surface area contributed by atoms with Gasteiger partial charge in [-0.1, -0.05) is 32.0 Å². The first-order valence-corrected chi connectivity index (χ1v) is 6.02. The van der Waals surface area contributed by atoms with Gasteiger partial charge in [0, 0.05) is 5.69 Å². The molecule has 0 aliphatic heterocycles. The molecule has 0 unspecified atom stereocenters. The Kier molecular flexibility index (Phi) is 3.46. The molecule has 1 heterocycles. The van der Waals surface area contributed by atoms with Crippen molar-refractivity contribution in [3.05, 3.63) is 41.7 Å². The summed E-state index contributed by atoms with van der Waals surface area (Å²) in [7, 11) is 0. The minimum Gasteiger partial charge on any atom is -0.382 e. The van der Waals surface area contributed by atoms with Gasteiger partial charge in [0.1, 0.15) is 11.6 Å². The summed E-state index contributed by atoms with van der Waals surface area (Å²) in [4.78, 5) is 8.25. The number of nitrogens with zero attached hydrogens (tertiary/aromatic N) is 2. The van der Waals surface area contributed by atoms with E-state index < -0.39 is 0 Å². The highest BCUT2D eigenvalue weighted by atomic mass is 15.0. The van der Waals surface area contributed by atoms with Gasteiger partial charge in [0.15, 0.2) is 0 Å². The molecule has 0 fully saturated rings. The van der Waals surface area contributed by atoms with Crippen molar-refractivity contribution < 1.29 is 0 Å². The van der Waals surface area contributed by atoms with E-state index in [0.717, 1.165) is 5.69 Å². The van der Waals surface area contributed by atoms with E-state index in [0.29, 0.717) is 17.6 Å². The molecule has 0 bridgehead atoms. The minimum atomic E-state index is 0.425. The Morgan fingerprint density at radius 2 is 1.94 bits per heavy atom. The fourth-order valence-corrected chi connectivity index (χ4v) is 1.87. The van der Waals surface area contributed by atoms with E-state index >= 15 is 0 Å². The average Bonchev–Trinajstić information content (AvgIpc) is 2.34. The largest absolute Gasteiger partial charge is 0.382 e. The molecule has 0 amide bonds. The fourth-order valence-electron chi connectivity index (χ4n) is 1.87. The molecule has 4 heteroatoms. The fraction of sp³-hybridized carbons (Fsp3) is 0.286. The number of anilines is 3. The van der Waals surface area contributed by atoms with Gasteiger partial charge in [-0.15, -0.1) is 0 Å². The molecule has 0 aliphatic carbocycles. The Balaban J connectivity index is 2.36. The van der Waals surface area contributed by atoms with Gasteiger partial charge in [0.05, 0.1) is 12.4 Å². The maximum atomic E-state index is 5.53. The van der Waals surface area contributed by atoms with Crippen molar-refractivity contribution >= 4 is 17.3 Å². The maximum Gasteiger partial charge on any atom is 0.149 e. The van der Waals surface area contributed by atoms with Gasteiger partial charge in [-0.3, -0.25) is 0 Å². The maximum absolute atomic E-state index is 5.53. The molecule has 0 saturated heterocycles. The van der Waals surface area contributed by atoms with Crippen LogP contribution in [-0.2, 0) is 0 Å². The predicted molar refractivity (Wildman–Crippen MR) is 75.0 cm³/mol. The summed E-state index contributed by atoms with van der Waals surface area (Å²) in [5.41, 5.74) is 9.10. The van der Waals surface area contributed by atoms with Crippen LogP contribution in [0.5, 0.6) is 0 Å². The zero-order valence-electron chi connectivity index (χ0n) is 10.9. The second-order valence-electron chi connectivity index (χ2n) is 4.65. The second kappa shape index (κ2) is 5.04. The van der Waals surface area contributed by atoms with Crippen LogP contribution in [0, 0.1) is 6.92 Å². The third kappa shape index (κ3) is 2.59. The summed E-state index contributed by atoms with van der Waals surface area (Å²) >= 11 is 0. The number of benzene rings is 1. The third-order valence-corrected chi connectivity index (χ3v) is 2.85. The number of hydrogen-bond donors (Lipinski definition) is 2. The summed E-state index contributed by atoms with van der Waals surface area (Å²) in [6, 6.07) is 6.29. The van der Waals surface area contributed by atoms with E-state index in [9.17, 15) is 0 Å². The molecule has 0 aliphatic rings. The zero-order chi connectivity index (χ0) is 13.1. The summed E-state index contributed by atoms with van der Waals surface area (Å²) in [5, 5.41) is 3.32. The van der Waals surface area contributed by atoms with Gasteiger partial charge in [-0.05, 0) is 24.0 Å². The molecule has 18 heavy (non-hydrogen) atoms. The predicted octanol–water partition coefficient (Wildman–Crippen LogP) is 3.23. The number of para-hydroxylation sites is 1. The SMILES string of the molecule is Cc1cccc(C(C)C)c1Nc1cnc(N)cn1. The lowest BCUT2D eigenvalue weighted by Gasteiger charge is -2.16. The van der Waals surface area contributed by atoms with E-state index in [1.807, 2.05) is 0 Å². The molecular formula is C14H18N4. The highest BCUT2D eigenvalue weighted by Crippen LogP contribution is 2.29. The molecule has 3 N–H and O–H groups in total. The van der Waals surface area contributed by atoms with Crippen LogP contribution in [0.4, 0.5) is 17.3 Å². The number of rotatable bonds is 3. The Morgan fingerprint density at radius 3 is 2.56 bits per heavy atom. The highest BCUT2D eigenvalue weighted by Gasteiger charge is 2.09. The van der Waals surface area contributed by atoms with Crippen LogP contribution in [0.15, 0.2) is 30.6 Å². The van der Waals surface area contributed by atoms with Gasteiger partial charge < -0.3 is 11.1 Å². The third-order valence-electron chi connectivity index (χ3n) is 2.85. The molecule has 0 spiro atoms. The van der Waals surface area contributed by atoms with Crippen LogP contribution in [0.25, 0.3) is 0 Å². The Bertz CT molecular complexity index is 532. The molecule has 94 valence electrons. The van der Waals surface area contributed by atoms with Crippen LogP contribution in [-0.4, -0.2) is 9.97 Å². The molecule has 1 aromatic carbocycles. The van der Waals surface area contributed by atoms with Crippen molar-refractivity contribution in [3.8, 4) is 0 Å². The van der Waals surface area contributed by atoms with E-state index in [1.54, 1.807) is 12.4 Å². The number of nitrogens with two attached hydrogens (primary N) is 1. The Morgan fingerprint density at radius 1 is 1.17 bits per heavy atom. The Hall–Kier alpha value is -2.10. The van der Waals surface area contributed by atoms with Gasteiger partial charge in [0.2, 0.25) is 0 Å². The molecule has 0 radical (unpaired) electrons. The summed E-state index contributed by atoms with van der Waals surface area (Å²) in [6.45, 7) is 6.43. The molecule has 2 rings (SSSR count). The van der Waals surface area contributed by atoms with Crippen LogP contribution < -0.4 is 11.1 Å². The number of aromatic nitrogens is 2. The lowest BCUT2D eigenvalue weighted by atomic mass is 9.98. The van der Waals surface area contributed by atoms with Crippen LogP contribution >= 0.6 is 0 Å². The first-order chi connectivity index (χ1) is 8.58. The van der Waals surface area contributed by atoms with Gasteiger partial charge in [-0.25, -0.2) is 9.97 Å². The minimum absolute atomic E-state index is 0.425. The van der Waals surface area contributed by atoms with E-state index in [4.69, 9.17) is 5.73 Å². The van der Waals surface area contributed by atoms with E-state index in [-0.39, 0.29) is 0 Å². The number of aryl methyl sites for hydroxylation is 1. The highest BCUT2D eigenvalue weighted by molar-refractivity contribution is 5.65. The molecular weight excluding hydrogens is 224 g/mol. The van der Waals surface area contributed by atoms with E-state index in [1.165, 1.54) is 11.1 Å². The lowest BCUT2D eigenvalue weighted by molar-refractivity contribution is 0.867. The zero-order valence-corrected chi connectivity index (χ0v) is 10.9. The van der Waals surface area contributed by atoms with Crippen molar-refractivity contribution in [2.45, 2.75) is 26.7 Å². The molecule has 0 atom stereocenters.